The van der Waals surface area contributed by atoms with E-state index in [2.05, 4.69) is 43.9 Å². The summed E-state index contributed by atoms with van der Waals surface area (Å²) in [5, 5.41) is 19.6. The Balaban J connectivity index is 1.44. The molecule has 5 nitrogen and oxygen atoms in total. The van der Waals surface area contributed by atoms with Crippen LogP contribution in [0, 0.1) is 23.7 Å². The van der Waals surface area contributed by atoms with Crippen molar-refractivity contribution in [1.82, 2.24) is 20.4 Å². The molecule has 5 atom stereocenters. The molecule has 28 heavy (non-hydrogen) atoms. The molecule has 6 heteroatoms. The summed E-state index contributed by atoms with van der Waals surface area (Å²) in [4.78, 5) is 0. The highest BCUT2D eigenvalue weighted by molar-refractivity contribution is 5.89. The van der Waals surface area contributed by atoms with Crippen molar-refractivity contribution < 1.29 is 4.39 Å². The number of anilines is 1. The van der Waals surface area contributed by atoms with E-state index in [9.17, 15) is 4.39 Å². The molecule has 4 aromatic rings. The van der Waals surface area contributed by atoms with E-state index in [-0.39, 0.29) is 6.04 Å². The fraction of sp³-hybridized carbons (Fsp3) is 0.364. The van der Waals surface area contributed by atoms with Crippen LogP contribution in [0.4, 0.5) is 10.1 Å². The zero-order valence-corrected chi connectivity index (χ0v) is 15.2. The van der Waals surface area contributed by atoms with Gasteiger partial charge in [-0.15, -0.1) is 5.10 Å². The van der Waals surface area contributed by atoms with E-state index < -0.39 is 5.95 Å². The highest BCUT2D eigenvalue weighted by Crippen LogP contribution is 2.64. The van der Waals surface area contributed by atoms with Gasteiger partial charge in [-0.3, -0.25) is 10.2 Å². The Kier molecular flexibility index (Phi) is 2.76. The first-order chi connectivity index (χ1) is 13.8. The van der Waals surface area contributed by atoms with E-state index in [4.69, 9.17) is 0 Å². The van der Waals surface area contributed by atoms with Gasteiger partial charge in [0, 0.05) is 11.1 Å². The Labute approximate surface area is 160 Å². The molecule has 0 saturated heterocycles. The first-order valence-corrected chi connectivity index (χ1v) is 10.1. The van der Waals surface area contributed by atoms with Gasteiger partial charge in [-0.25, -0.2) is 0 Å². The Bertz CT molecular complexity index is 1240. The molecule has 2 fully saturated rings. The SMILES string of the molecule is Fc1n[nH]c2ccc([C@@H]3Nc4ccc5[nH]ncc5c4[C@H]4[C@@H]5CCC(C5)[C@H]43)cc12. The van der Waals surface area contributed by atoms with Gasteiger partial charge in [-0.2, -0.15) is 9.49 Å². The molecule has 3 N–H and O–H groups in total. The summed E-state index contributed by atoms with van der Waals surface area (Å²) in [5.74, 6) is 2.14. The van der Waals surface area contributed by atoms with Gasteiger partial charge in [0.05, 0.1) is 28.7 Å². The predicted molar refractivity (Wildman–Crippen MR) is 106 cm³/mol. The normalized spacial score (nSPS) is 30.5. The lowest BCUT2D eigenvalue weighted by molar-refractivity contribution is 0.249. The van der Waals surface area contributed by atoms with Crippen LogP contribution in [0.25, 0.3) is 21.8 Å². The van der Waals surface area contributed by atoms with Crippen molar-refractivity contribution in [2.24, 2.45) is 17.8 Å². The molecule has 1 aliphatic heterocycles. The van der Waals surface area contributed by atoms with E-state index in [1.807, 2.05) is 18.3 Å². The van der Waals surface area contributed by atoms with E-state index in [1.54, 1.807) is 0 Å². The number of halogens is 1. The Morgan fingerprint density at radius 1 is 0.964 bits per heavy atom. The van der Waals surface area contributed by atoms with Crippen molar-refractivity contribution in [3.05, 3.63) is 53.6 Å². The molecule has 1 unspecified atom stereocenters. The van der Waals surface area contributed by atoms with Crippen LogP contribution in [0.3, 0.4) is 0 Å². The van der Waals surface area contributed by atoms with Crippen LogP contribution >= 0.6 is 0 Å². The minimum absolute atomic E-state index is 0.204. The maximum Gasteiger partial charge on any atom is 0.240 e. The number of hydrogen-bond donors (Lipinski definition) is 3. The van der Waals surface area contributed by atoms with Crippen LogP contribution in [0.2, 0.25) is 0 Å². The van der Waals surface area contributed by atoms with Gasteiger partial charge in [0.2, 0.25) is 5.95 Å². The van der Waals surface area contributed by atoms with Crippen LogP contribution in [-0.4, -0.2) is 20.4 Å². The van der Waals surface area contributed by atoms with Crippen LogP contribution in [0.1, 0.15) is 42.3 Å². The van der Waals surface area contributed by atoms with E-state index in [0.717, 1.165) is 28.4 Å². The number of hydrogen-bond acceptors (Lipinski definition) is 3. The number of H-pyrrole nitrogens is 2. The number of nitrogens with one attached hydrogen (secondary N) is 3. The summed E-state index contributed by atoms with van der Waals surface area (Å²) in [6.45, 7) is 0. The molecule has 140 valence electrons. The van der Waals surface area contributed by atoms with Crippen molar-refractivity contribution in [1.29, 1.82) is 0 Å². The van der Waals surface area contributed by atoms with Gasteiger partial charge >= 0.3 is 0 Å². The maximum absolute atomic E-state index is 14.1. The van der Waals surface area contributed by atoms with E-state index in [0.29, 0.717) is 17.2 Å². The number of nitrogens with zero attached hydrogens (tertiary/aromatic N) is 2. The Morgan fingerprint density at radius 3 is 2.79 bits per heavy atom. The lowest BCUT2D eigenvalue weighted by Gasteiger charge is -2.43. The smallest absolute Gasteiger partial charge is 0.240 e. The van der Waals surface area contributed by atoms with Gasteiger partial charge in [0.15, 0.2) is 0 Å². The van der Waals surface area contributed by atoms with Crippen LogP contribution in [0.15, 0.2) is 36.5 Å². The molecule has 3 aliphatic rings. The van der Waals surface area contributed by atoms with Crippen molar-refractivity contribution in [2.75, 3.05) is 5.32 Å². The monoisotopic (exact) mass is 373 g/mol. The molecule has 2 bridgehead atoms. The summed E-state index contributed by atoms with van der Waals surface area (Å²) in [6.07, 6.45) is 5.92. The van der Waals surface area contributed by atoms with Gasteiger partial charge in [-0.05, 0) is 78.3 Å². The van der Waals surface area contributed by atoms with Gasteiger partial charge in [-0.1, -0.05) is 6.07 Å². The fourth-order valence-corrected chi connectivity index (χ4v) is 6.53. The highest BCUT2D eigenvalue weighted by atomic mass is 19.1. The first kappa shape index (κ1) is 15.1. The van der Waals surface area contributed by atoms with Gasteiger partial charge < -0.3 is 5.32 Å². The van der Waals surface area contributed by atoms with Crippen molar-refractivity contribution in [3.63, 3.8) is 0 Å². The van der Waals surface area contributed by atoms with Crippen molar-refractivity contribution in [3.8, 4) is 0 Å². The molecule has 0 amide bonds. The average molecular weight is 373 g/mol. The third-order valence-electron chi connectivity index (χ3n) is 7.58. The molecule has 0 spiro atoms. The quantitative estimate of drug-likeness (QED) is 0.446. The van der Waals surface area contributed by atoms with Crippen LogP contribution in [-0.2, 0) is 0 Å². The molecule has 2 saturated carbocycles. The van der Waals surface area contributed by atoms with E-state index >= 15 is 0 Å². The molecular weight excluding hydrogens is 353 g/mol. The van der Waals surface area contributed by atoms with Gasteiger partial charge in [0.1, 0.15) is 0 Å². The summed E-state index contributed by atoms with van der Waals surface area (Å²) < 4.78 is 14.1. The minimum atomic E-state index is -0.419. The molecule has 2 aromatic heterocycles. The second kappa shape index (κ2) is 5.13. The third-order valence-corrected chi connectivity index (χ3v) is 7.58. The summed E-state index contributed by atoms with van der Waals surface area (Å²) in [6, 6.07) is 10.6. The Hall–Kier alpha value is -2.89. The molecule has 0 radical (unpaired) electrons. The van der Waals surface area contributed by atoms with Crippen molar-refractivity contribution in [2.45, 2.75) is 31.2 Å². The zero-order chi connectivity index (χ0) is 18.4. The predicted octanol–water partition coefficient (Wildman–Crippen LogP) is 4.87. The number of aromatic amines is 2. The number of benzene rings is 2. The number of rotatable bonds is 1. The topological polar surface area (TPSA) is 69.4 Å². The molecule has 7 rings (SSSR count). The molecular formula is C22H20FN5. The minimum Gasteiger partial charge on any atom is -0.378 e. The average Bonchev–Trinajstić information content (AvgIpc) is 3.51. The summed E-state index contributed by atoms with van der Waals surface area (Å²) >= 11 is 0. The van der Waals surface area contributed by atoms with Crippen LogP contribution in [0.5, 0.6) is 0 Å². The lowest BCUT2D eigenvalue weighted by atomic mass is 9.67. The standard InChI is InChI=1S/C22H20FN5/c23-22-13-8-12(3-4-15(13)27-28-22)21-19-11-2-1-10(7-11)18(19)20-14-9-24-26-16(14)5-6-17(20)25-21/h3-6,8-11,18-19,21,25H,1-2,7H2,(H,24,26)(H,27,28)/t10-,11?,18+,19-,21+/m1/s1. The highest BCUT2D eigenvalue weighted by Gasteiger charge is 2.54. The Morgan fingerprint density at radius 2 is 1.82 bits per heavy atom. The first-order valence-electron chi connectivity index (χ1n) is 10.1. The molecule has 2 aliphatic carbocycles. The molecule has 2 aromatic carbocycles. The third kappa shape index (κ3) is 1.81. The largest absolute Gasteiger partial charge is 0.378 e. The fourth-order valence-electron chi connectivity index (χ4n) is 6.53. The number of aromatic nitrogens is 4. The van der Waals surface area contributed by atoms with Gasteiger partial charge in [0.25, 0.3) is 0 Å². The van der Waals surface area contributed by atoms with E-state index in [1.165, 1.54) is 35.9 Å². The van der Waals surface area contributed by atoms with Crippen molar-refractivity contribution >= 4 is 27.5 Å². The lowest BCUT2D eigenvalue weighted by Crippen LogP contribution is -2.35. The number of fused-ring (bicyclic) bond motifs is 10. The molecule has 3 heterocycles. The zero-order valence-electron chi connectivity index (χ0n) is 15.2. The second-order valence-electron chi connectivity index (χ2n) is 8.74. The summed E-state index contributed by atoms with van der Waals surface area (Å²) in [7, 11) is 0. The van der Waals surface area contributed by atoms with Crippen LogP contribution < -0.4 is 5.32 Å². The summed E-state index contributed by atoms with van der Waals surface area (Å²) in [5.41, 5.74) is 5.67. The second-order valence-corrected chi connectivity index (χ2v) is 8.74. The maximum atomic E-state index is 14.1.